The van der Waals surface area contributed by atoms with Crippen molar-refractivity contribution in [2.24, 2.45) is 35.5 Å². The van der Waals surface area contributed by atoms with Gasteiger partial charge < -0.3 is 93.1 Å². The SMILES string of the molecule is CO[C@H]1C[C@@H]2CC[C@@H](C)[C@@](O)(O2)C(=O)C(=O)N2CCCC[C@H]2C(=O)OC([C@H](C)C[C@@H]2CC[C@@H](OCCCCc3cn(CCOCCOCCOCCOCCOCCOCCC(=O)NCCCCn4nc(-c5cc6cc(O)ccc6[nH]5)c5c(N)ncnc54)nn3)[C@H](OC)C2)CC(=O)[C@H](C)/C=C(\C)[C@@H](O)[C@@H](OC)C(=O)[C@H](C)C[C@H](C)/C=C/C=C/C=C/1C. The van der Waals surface area contributed by atoms with Crippen molar-refractivity contribution < 1.29 is 101 Å². The van der Waals surface area contributed by atoms with Gasteiger partial charge in [0.05, 0.1) is 127 Å². The summed E-state index contributed by atoms with van der Waals surface area (Å²) >= 11 is 0. The Morgan fingerprint density at radius 3 is 2.19 bits per heavy atom. The number of hydrogen-bond donors (Lipinski definition) is 6. The minimum Gasteiger partial charge on any atom is -0.508 e. The van der Waals surface area contributed by atoms with Crippen molar-refractivity contribution in [1.82, 2.24) is 49.9 Å². The lowest BCUT2D eigenvalue weighted by atomic mass is 9.78. The van der Waals surface area contributed by atoms with E-state index in [1.54, 1.807) is 68.6 Å². The maximum absolute atomic E-state index is 14.8. The number of fused-ring (bicyclic) bond motifs is 5. The number of aromatic nitrogens is 8. The summed E-state index contributed by atoms with van der Waals surface area (Å²) in [5.41, 5.74) is 11.2. The van der Waals surface area contributed by atoms with Crippen molar-refractivity contribution in [2.75, 3.05) is 126 Å². The number of phenolic OH excluding ortho intramolecular Hbond substituents is 1. The van der Waals surface area contributed by atoms with Crippen molar-refractivity contribution in [3.8, 4) is 17.1 Å². The van der Waals surface area contributed by atoms with E-state index in [1.165, 1.54) is 18.3 Å². The summed E-state index contributed by atoms with van der Waals surface area (Å²) < 4.78 is 74.2. The van der Waals surface area contributed by atoms with E-state index in [2.05, 4.69) is 30.6 Å². The lowest BCUT2D eigenvalue weighted by Gasteiger charge is -2.42. The average Bonchev–Trinajstić information content (AvgIpc) is 1.68. The fraction of sp³-hybridized carbons (Fsp3) is 0.674. The molecule has 4 aliphatic rings. The van der Waals surface area contributed by atoms with Gasteiger partial charge in [0.2, 0.25) is 11.7 Å². The first-order valence-electron chi connectivity index (χ1n) is 43.4. The number of rotatable bonds is 39. The first kappa shape index (κ1) is 96.7. The third-order valence-electron chi connectivity index (χ3n) is 23.5. The van der Waals surface area contributed by atoms with Gasteiger partial charge in [0, 0.05) is 102 Å². The quantitative estimate of drug-likeness (QED) is 0.00922. The summed E-state index contributed by atoms with van der Waals surface area (Å²) in [6.45, 7) is 19.8. The van der Waals surface area contributed by atoms with Gasteiger partial charge in [0.15, 0.2) is 11.4 Å². The minimum absolute atomic E-state index is 0.00477. The van der Waals surface area contributed by atoms with Crippen LogP contribution in [0.25, 0.3) is 33.3 Å². The molecule has 15 atom stereocenters. The average molecular weight is 1690 g/mol. The molecule has 0 radical (unpaired) electrons. The Morgan fingerprint density at radius 1 is 0.760 bits per heavy atom. The lowest BCUT2D eigenvalue weighted by Crippen LogP contribution is -2.61. The highest BCUT2D eigenvalue weighted by Crippen LogP contribution is 2.40. The molecular weight excluding hydrogens is 1560 g/mol. The number of allylic oxidation sites excluding steroid dienone is 6. The Labute approximate surface area is 711 Å². The summed E-state index contributed by atoms with van der Waals surface area (Å²) in [6.07, 6.45) is 19.3. The van der Waals surface area contributed by atoms with Crippen LogP contribution >= 0.6 is 0 Å². The number of amides is 2. The second-order valence-electron chi connectivity index (χ2n) is 32.8. The molecule has 121 heavy (non-hydrogen) atoms. The van der Waals surface area contributed by atoms with Crippen molar-refractivity contribution in [1.29, 1.82) is 0 Å². The van der Waals surface area contributed by atoms with E-state index in [0.717, 1.165) is 72.8 Å². The molecule has 2 saturated heterocycles. The van der Waals surface area contributed by atoms with Gasteiger partial charge in [-0.1, -0.05) is 76.3 Å². The van der Waals surface area contributed by atoms with Crippen LogP contribution in [0.4, 0.5) is 5.82 Å². The molecule has 1 saturated carbocycles. The van der Waals surface area contributed by atoms with Gasteiger partial charge in [0.25, 0.3) is 11.7 Å². The van der Waals surface area contributed by atoms with Gasteiger partial charge in [-0.05, 0) is 163 Å². The number of Topliss-reactive ketones (excluding diaryl/α,β-unsaturated/α-hetero) is 3. The zero-order valence-electron chi connectivity index (χ0n) is 72.6. The molecule has 3 aliphatic heterocycles. The van der Waals surface area contributed by atoms with Crippen LogP contribution in [0.15, 0.2) is 84.4 Å². The van der Waals surface area contributed by atoms with Gasteiger partial charge in [-0.15, -0.1) is 5.10 Å². The molecule has 2 bridgehead atoms. The van der Waals surface area contributed by atoms with Crippen LogP contribution in [0.1, 0.15) is 163 Å². The summed E-state index contributed by atoms with van der Waals surface area (Å²) in [6, 6.07) is 5.84. The number of aromatic amines is 1. The number of aromatic hydroxyl groups is 1. The predicted octanol–water partition coefficient (Wildman–Crippen LogP) is 9.48. The number of ether oxygens (including phenoxy) is 12. The van der Waals surface area contributed by atoms with Crippen LogP contribution in [-0.2, 0) is 105 Å². The first-order chi connectivity index (χ1) is 58.4. The highest BCUT2D eigenvalue weighted by molar-refractivity contribution is 6.39. The number of hydrogen-bond acceptors (Lipinski definition) is 27. The number of nitrogens with two attached hydrogens (primary N) is 1. The smallest absolute Gasteiger partial charge is 0.329 e. The molecule has 2 amide bonds. The zero-order valence-corrected chi connectivity index (χ0v) is 72.6. The number of anilines is 1. The number of ketones is 3. The lowest BCUT2D eigenvalue weighted by molar-refractivity contribution is -0.265. The van der Waals surface area contributed by atoms with Crippen LogP contribution in [0.3, 0.4) is 0 Å². The first-order valence-corrected chi connectivity index (χ1v) is 43.4. The van der Waals surface area contributed by atoms with Crippen LogP contribution in [0.5, 0.6) is 5.75 Å². The number of esters is 1. The number of H-pyrrole nitrogens is 1. The van der Waals surface area contributed by atoms with Gasteiger partial charge in [-0.2, -0.15) is 5.10 Å². The molecule has 670 valence electrons. The van der Waals surface area contributed by atoms with E-state index < -0.39 is 77.8 Å². The molecule has 1 aliphatic carbocycles. The van der Waals surface area contributed by atoms with Gasteiger partial charge in [-0.3, -0.25) is 24.0 Å². The Kier molecular flexibility index (Phi) is 40.0. The number of phenols is 1. The number of cyclic esters (lactones) is 1. The third kappa shape index (κ3) is 29.3. The number of carbonyl (C=O) groups is 6. The monoisotopic (exact) mass is 1690 g/mol. The largest absolute Gasteiger partial charge is 0.508 e. The van der Waals surface area contributed by atoms with Crippen molar-refractivity contribution >= 4 is 62.9 Å². The van der Waals surface area contributed by atoms with Crippen molar-refractivity contribution in [3.63, 3.8) is 0 Å². The molecule has 7 heterocycles. The Bertz CT molecular complexity index is 4200. The van der Waals surface area contributed by atoms with Crippen LogP contribution in [0, 0.1) is 35.5 Å². The summed E-state index contributed by atoms with van der Waals surface area (Å²) in [4.78, 5) is 97.9. The predicted molar refractivity (Wildman–Crippen MR) is 452 cm³/mol. The highest BCUT2D eigenvalue weighted by Gasteiger charge is 2.53. The Hall–Kier alpha value is -8.09. The van der Waals surface area contributed by atoms with E-state index in [1.807, 2.05) is 70.3 Å². The van der Waals surface area contributed by atoms with Crippen LogP contribution < -0.4 is 11.1 Å². The van der Waals surface area contributed by atoms with Gasteiger partial charge in [0.1, 0.15) is 53.7 Å². The number of benzene rings is 1. The molecule has 1 unspecified atom stereocenters. The Morgan fingerprint density at radius 2 is 1.48 bits per heavy atom. The number of methoxy groups -OCH3 is 3. The standard InChI is InChI=1S/C89H133N11O21/c1-58-20-12-11-13-21-59(2)75(110-8)54-69-27-24-64(7)89(109,121-69)84(106)87(107)99-32-17-14-23-72(99)88(108)120-76(55-73(102)60(3)49-63(6)82(105)83(112-10)81(104)62(5)48-58)61(4)50-65-25-29-74(77(51-65)111-9)119-35-19-15-22-67-56-98(97-95-67)34-37-114-39-41-116-43-45-118-47-46-117-44-42-115-40-38-113-36-30-78(103)91-31-16-18-33-100-86-79(85(90)92-57-93-86)80(96-100)71-53-66-52-68(101)26-28-70(66)94-71/h11-13,20-21,26,28,49,52-53,56-58,60-62,64-65,69,72,74-77,82-83,94,101,105,109H,14-19,22-25,27,29-48,50-51,54-55H2,1-10H3,(H,91,103)(H2,90,92,93)/b13-11+,20-12+,59-21+,63-49+/t58-,60-,61-,62-,64-,65+,69+,72+,74-,75+,76?,77-,82-,83+,89-/m1/s1. The van der Waals surface area contributed by atoms with Crippen LogP contribution in [-0.4, -0.2) is 270 Å². The van der Waals surface area contributed by atoms with E-state index in [-0.39, 0.29) is 85.6 Å². The molecule has 9 rings (SSSR count). The zero-order chi connectivity index (χ0) is 86.8. The number of nitrogen functional groups attached to an aromatic ring is 1. The molecule has 4 aromatic heterocycles. The highest BCUT2D eigenvalue weighted by atomic mass is 16.6. The molecule has 32 nitrogen and oxygen atoms in total. The fourth-order valence-corrected chi connectivity index (χ4v) is 16.3. The molecule has 1 aromatic carbocycles. The van der Waals surface area contributed by atoms with E-state index in [9.17, 15) is 44.1 Å². The molecule has 7 N–H and O–H groups in total. The van der Waals surface area contributed by atoms with E-state index in [0.29, 0.717) is 178 Å². The van der Waals surface area contributed by atoms with E-state index in [4.69, 9.17) is 67.7 Å². The minimum atomic E-state index is -2.46. The fourth-order valence-electron chi connectivity index (χ4n) is 16.3. The van der Waals surface area contributed by atoms with E-state index >= 15 is 0 Å². The van der Waals surface area contributed by atoms with Crippen LogP contribution in [0.2, 0.25) is 0 Å². The number of aliphatic hydroxyl groups is 2. The van der Waals surface area contributed by atoms with Crippen molar-refractivity contribution in [3.05, 3.63) is 90.1 Å². The maximum Gasteiger partial charge on any atom is 0.329 e. The molecule has 5 aromatic rings. The second-order valence-corrected chi connectivity index (χ2v) is 32.8. The number of nitrogens with zero attached hydrogens (tertiary/aromatic N) is 8. The molecule has 3 fully saturated rings. The summed E-state index contributed by atoms with van der Waals surface area (Å²) in [5.74, 6) is -7.77. The third-order valence-corrected chi connectivity index (χ3v) is 23.5. The number of piperidine rings is 1. The normalized spacial score (nSPS) is 27.3. The number of unbranched alkanes of at least 4 members (excludes halogenated alkanes) is 2. The number of aliphatic hydroxyl groups excluding tert-OH is 1. The number of aryl methyl sites for hydroxylation is 2. The Balaban J connectivity index is 0.619. The molecule has 32 heteroatoms. The molecular formula is C89H133N11O21. The van der Waals surface area contributed by atoms with Gasteiger partial charge >= 0.3 is 5.97 Å². The van der Waals surface area contributed by atoms with Gasteiger partial charge in [-0.25, -0.2) is 24.1 Å². The maximum atomic E-state index is 14.8. The number of carbonyl (C=O) groups excluding carboxylic acids is 6. The van der Waals surface area contributed by atoms with Crippen molar-refractivity contribution in [2.45, 2.75) is 232 Å². The summed E-state index contributed by atoms with van der Waals surface area (Å²) in [5, 5.41) is 51.7. The topological polar surface area (TPSA) is 405 Å². The molecule has 0 spiro atoms. The summed E-state index contributed by atoms with van der Waals surface area (Å²) in [7, 11) is 4.64. The second kappa shape index (κ2) is 50.0. The number of nitrogens with one attached hydrogen (secondary N) is 2.